The number of esters is 1. The average molecular weight is 265 g/mol. The lowest BCUT2D eigenvalue weighted by atomic mass is 10.3. The molecule has 0 radical (unpaired) electrons. The van der Waals surface area contributed by atoms with Gasteiger partial charge in [-0.25, -0.2) is 4.79 Å². The highest BCUT2D eigenvalue weighted by Crippen LogP contribution is 2.52. The minimum absolute atomic E-state index is 0.0595. The monoisotopic (exact) mass is 265 g/mol. The van der Waals surface area contributed by atoms with E-state index in [0.717, 1.165) is 0 Å². The topological polar surface area (TPSA) is 83.4 Å². The summed E-state index contributed by atoms with van der Waals surface area (Å²) in [6, 6.07) is 0. The maximum absolute atomic E-state index is 12.3. The Hall–Kier alpha value is -0.910. The number of hydrogen-bond acceptors (Lipinski definition) is 7. The molecule has 0 N–H and O–H groups in total. The molecule has 0 aromatic heterocycles. The molecule has 0 aliphatic carbocycles. The maximum atomic E-state index is 12.3. The summed E-state index contributed by atoms with van der Waals surface area (Å²) < 4.78 is 26.9. The molecule has 17 heavy (non-hydrogen) atoms. The number of carbonyl (C=O) groups is 1. The third kappa shape index (κ3) is 3.28. The molecule has 1 aliphatic rings. The fraction of sp³-hybridized carbons (Fsp3) is 0.778. The van der Waals surface area contributed by atoms with Gasteiger partial charge in [0.1, 0.15) is 0 Å². The zero-order valence-electron chi connectivity index (χ0n) is 10.0. The summed E-state index contributed by atoms with van der Waals surface area (Å²) in [4.78, 5) is 16.0. The number of hydrogen-bond donors (Lipinski definition) is 0. The van der Waals surface area contributed by atoms with Gasteiger partial charge in [-0.2, -0.15) is 0 Å². The fourth-order valence-corrected chi connectivity index (χ4v) is 2.90. The second-order valence-electron chi connectivity index (χ2n) is 3.16. The van der Waals surface area contributed by atoms with Crippen molar-refractivity contribution in [2.45, 2.75) is 26.4 Å². The third-order valence-electron chi connectivity index (χ3n) is 2.03. The number of rotatable bonds is 6. The van der Waals surface area contributed by atoms with E-state index >= 15 is 0 Å². The molecule has 8 heteroatoms. The molecule has 0 aromatic carbocycles. The van der Waals surface area contributed by atoms with Crippen molar-refractivity contribution in [2.75, 3.05) is 20.3 Å². The highest BCUT2D eigenvalue weighted by Gasteiger charge is 2.41. The summed E-state index contributed by atoms with van der Waals surface area (Å²) in [5.74, 6) is -0.566. The van der Waals surface area contributed by atoms with Gasteiger partial charge in [-0.1, -0.05) is 5.16 Å². The van der Waals surface area contributed by atoms with Crippen LogP contribution in [0.1, 0.15) is 20.3 Å². The van der Waals surface area contributed by atoms with Gasteiger partial charge in [0.15, 0.2) is 5.45 Å². The van der Waals surface area contributed by atoms with Crippen molar-refractivity contribution < 1.29 is 28.0 Å². The normalized spacial score (nSPS) is 19.7. The summed E-state index contributed by atoms with van der Waals surface area (Å²) in [5.41, 5.74) is 0.122. The predicted molar refractivity (Wildman–Crippen MR) is 59.8 cm³/mol. The maximum Gasteiger partial charge on any atom is 0.378 e. The van der Waals surface area contributed by atoms with E-state index in [-0.39, 0.29) is 25.1 Å². The molecule has 0 spiro atoms. The first-order valence-electron chi connectivity index (χ1n) is 5.27. The third-order valence-corrected chi connectivity index (χ3v) is 4.12. The quantitative estimate of drug-likeness (QED) is 0.535. The molecule has 1 aliphatic heterocycles. The highest BCUT2D eigenvalue weighted by atomic mass is 31.2. The van der Waals surface area contributed by atoms with E-state index in [4.69, 9.17) is 13.9 Å². The van der Waals surface area contributed by atoms with Crippen LogP contribution in [0.5, 0.6) is 0 Å². The van der Waals surface area contributed by atoms with Gasteiger partial charge >= 0.3 is 13.6 Å². The van der Waals surface area contributed by atoms with E-state index in [1.165, 1.54) is 7.11 Å². The summed E-state index contributed by atoms with van der Waals surface area (Å²) >= 11 is 0. The summed E-state index contributed by atoms with van der Waals surface area (Å²) in [6.07, 6.45) is -0.812. The molecule has 0 saturated heterocycles. The number of oxime groups is 1. The fourth-order valence-electron chi connectivity index (χ4n) is 1.31. The van der Waals surface area contributed by atoms with Crippen molar-refractivity contribution in [3.05, 3.63) is 0 Å². The lowest BCUT2D eigenvalue weighted by molar-refractivity contribution is -0.152. The summed E-state index contributed by atoms with van der Waals surface area (Å²) in [6.45, 7) is 3.83. The molecule has 7 nitrogen and oxygen atoms in total. The average Bonchev–Trinajstić information content (AvgIpc) is 2.78. The minimum Gasteiger partial charge on any atom is -0.466 e. The summed E-state index contributed by atoms with van der Waals surface area (Å²) in [5, 5.41) is 3.60. The van der Waals surface area contributed by atoms with E-state index in [2.05, 4.69) is 9.89 Å². The molecule has 98 valence electrons. The van der Waals surface area contributed by atoms with Crippen molar-refractivity contribution in [1.29, 1.82) is 0 Å². The van der Waals surface area contributed by atoms with Crippen molar-refractivity contribution >= 4 is 19.0 Å². The van der Waals surface area contributed by atoms with E-state index < -0.39 is 19.7 Å². The van der Waals surface area contributed by atoms with Crippen molar-refractivity contribution in [2.24, 2.45) is 5.16 Å². The Bertz CT molecular complexity index is 345. The molecular formula is C9H16NO6P. The minimum atomic E-state index is -3.44. The summed E-state index contributed by atoms with van der Waals surface area (Å²) in [7, 11) is -2.19. The van der Waals surface area contributed by atoms with Crippen LogP contribution < -0.4 is 0 Å². The molecule has 0 bridgehead atoms. The first kappa shape index (κ1) is 14.2. The largest absolute Gasteiger partial charge is 0.466 e. The Morgan fingerprint density at radius 1 is 1.47 bits per heavy atom. The molecule has 0 aromatic rings. The first-order valence-corrected chi connectivity index (χ1v) is 6.81. The lowest BCUT2D eigenvalue weighted by Crippen LogP contribution is -2.22. The Kier molecular flexibility index (Phi) is 5.11. The number of carbonyl (C=O) groups excluding carboxylic acids is 1. The van der Waals surface area contributed by atoms with Crippen LogP contribution in [0.15, 0.2) is 5.16 Å². The smallest absolute Gasteiger partial charge is 0.378 e. The molecule has 0 amide bonds. The number of methoxy groups -OCH3 is 1. The Balaban J connectivity index is 2.73. The second-order valence-corrected chi connectivity index (χ2v) is 5.19. The number of nitrogens with zero attached hydrogens (tertiary/aromatic N) is 1. The Morgan fingerprint density at radius 2 is 2.06 bits per heavy atom. The van der Waals surface area contributed by atoms with Gasteiger partial charge in [0, 0.05) is 0 Å². The molecule has 1 heterocycles. The second kappa shape index (κ2) is 6.14. The van der Waals surface area contributed by atoms with Gasteiger partial charge in [-0.05, 0) is 13.8 Å². The highest BCUT2D eigenvalue weighted by molar-refractivity contribution is 7.72. The van der Waals surface area contributed by atoms with E-state index in [9.17, 15) is 9.36 Å². The SMILES string of the molecule is CCOP(=O)(OCC)C1=NOC(C(=O)OC)C1. The first-order chi connectivity index (χ1) is 8.07. The van der Waals surface area contributed by atoms with Gasteiger partial charge in [-0.15, -0.1) is 0 Å². The lowest BCUT2D eigenvalue weighted by Gasteiger charge is -2.15. The van der Waals surface area contributed by atoms with Crippen LogP contribution >= 0.6 is 7.60 Å². The van der Waals surface area contributed by atoms with Crippen LogP contribution in [0.4, 0.5) is 0 Å². The van der Waals surface area contributed by atoms with Crippen LogP contribution in [0.3, 0.4) is 0 Å². The zero-order chi connectivity index (χ0) is 12.9. The molecule has 0 saturated carbocycles. The van der Waals surface area contributed by atoms with Crippen molar-refractivity contribution in [3.8, 4) is 0 Å². The zero-order valence-corrected chi connectivity index (χ0v) is 10.9. The van der Waals surface area contributed by atoms with Crippen molar-refractivity contribution in [3.63, 3.8) is 0 Å². The number of ether oxygens (including phenoxy) is 1. The van der Waals surface area contributed by atoms with Gasteiger partial charge in [0.2, 0.25) is 6.10 Å². The predicted octanol–water partition coefficient (Wildman–Crippen LogP) is 1.53. The van der Waals surface area contributed by atoms with Gasteiger partial charge < -0.3 is 18.6 Å². The van der Waals surface area contributed by atoms with E-state index in [1.54, 1.807) is 13.8 Å². The van der Waals surface area contributed by atoms with Gasteiger partial charge in [0.25, 0.3) is 0 Å². The van der Waals surface area contributed by atoms with E-state index in [1.807, 2.05) is 0 Å². The molecule has 1 unspecified atom stereocenters. The van der Waals surface area contributed by atoms with Gasteiger partial charge in [0.05, 0.1) is 26.7 Å². The molecule has 0 fully saturated rings. The van der Waals surface area contributed by atoms with Crippen LogP contribution in [0.25, 0.3) is 0 Å². The van der Waals surface area contributed by atoms with Crippen LogP contribution in [-0.2, 0) is 28.0 Å². The Morgan fingerprint density at radius 3 is 2.53 bits per heavy atom. The molecule has 1 atom stereocenters. The standard InChI is InChI=1S/C9H16NO6P/c1-4-14-17(12,15-5-2)8-6-7(16-10-8)9(11)13-3/h7H,4-6H2,1-3H3. The Labute approximate surface area is 99.6 Å². The molecular weight excluding hydrogens is 249 g/mol. The van der Waals surface area contributed by atoms with Crippen LogP contribution in [-0.4, -0.2) is 37.8 Å². The van der Waals surface area contributed by atoms with Crippen molar-refractivity contribution in [1.82, 2.24) is 0 Å². The molecule has 1 rings (SSSR count). The van der Waals surface area contributed by atoms with E-state index in [0.29, 0.717) is 0 Å². The van der Waals surface area contributed by atoms with Crippen LogP contribution in [0.2, 0.25) is 0 Å². The van der Waals surface area contributed by atoms with Crippen LogP contribution in [0, 0.1) is 0 Å². The van der Waals surface area contributed by atoms with Gasteiger partial charge in [-0.3, -0.25) is 4.57 Å².